The summed E-state index contributed by atoms with van der Waals surface area (Å²) in [7, 11) is 4.95. The number of β-lactam (4-membered cyclic amide) rings is 2. The average molecular weight is 1510 g/mol. The number of hydrogen-bond donors (Lipinski definition) is 2. The van der Waals surface area contributed by atoms with Crippen molar-refractivity contribution in [2.24, 2.45) is 17.8 Å². The van der Waals surface area contributed by atoms with Crippen molar-refractivity contribution < 1.29 is 101 Å². The molecular formula is C75H108Cl2N2O21S2. The Morgan fingerprint density at radius 2 is 0.814 bits per heavy atom. The van der Waals surface area contributed by atoms with Gasteiger partial charge in [0.1, 0.15) is 36.0 Å². The Kier molecular flexibility index (Phi) is 49.5. The first-order valence-electron chi connectivity index (χ1n) is 34.8. The Labute approximate surface area is 620 Å². The number of nitrogens with zero attached hydrogens (tertiary/aromatic N) is 2. The maximum absolute atomic E-state index is 12.8. The molecule has 5 rings (SSSR count). The summed E-state index contributed by atoms with van der Waals surface area (Å²) in [6.45, 7) is 7.46. The molecule has 2 aliphatic rings. The smallest absolute Gasteiger partial charge is 0.306 e. The van der Waals surface area contributed by atoms with Gasteiger partial charge in [-0.25, -0.2) is 0 Å². The highest BCUT2D eigenvalue weighted by Crippen LogP contribution is 2.44. The van der Waals surface area contributed by atoms with E-state index in [-0.39, 0.29) is 123 Å². The number of amides is 2. The molecule has 102 heavy (non-hydrogen) atoms. The first kappa shape index (κ1) is 91.6. The number of aliphatic hydroxyl groups is 1. The number of carboxylic acids is 1. The van der Waals surface area contributed by atoms with Gasteiger partial charge in [-0.3, -0.25) is 47.0 Å². The number of benzene rings is 3. The lowest BCUT2D eigenvalue weighted by atomic mass is 9.93. The van der Waals surface area contributed by atoms with E-state index in [0.29, 0.717) is 112 Å². The molecule has 0 saturated carbocycles. The van der Waals surface area contributed by atoms with Crippen LogP contribution in [0.5, 0.6) is 0 Å². The van der Waals surface area contributed by atoms with Crippen LogP contribution in [0, 0.1) is 17.8 Å². The van der Waals surface area contributed by atoms with Gasteiger partial charge in [0.25, 0.3) is 11.8 Å². The summed E-state index contributed by atoms with van der Waals surface area (Å²) in [4.78, 5) is 129. The zero-order valence-corrected chi connectivity index (χ0v) is 63.7. The highest BCUT2D eigenvalue weighted by molar-refractivity contribution is 7.97. The number of carbonyl (C=O) groups is 11. The minimum absolute atomic E-state index is 0.00183. The van der Waals surface area contributed by atoms with E-state index in [0.717, 1.165) is 68.9 Å². The second-order valence-corrected chi connectivity index (χ2v) is 27.2. The van der Waals surface area contributed by atoms with Gasteiger partial charge in [-0.05, 0) is 144 Å². The molecule has 27 heteroatoms. The average Bonchev–Trinajstić information content (AvgIpc) is 0.764. The van der Waals surface area contributed by atoms with Gasteiger partial charge in [-0.2, -0.15) is 0 Å². The maximum Gasteiger partial charge on any atom is 0.306 e. The minimum Gasteiger partial charge on any atom is -0.481 e. The molecule has 2 amide bonds. The molecule has 23 nitrogen and oxygen atoms in total. The number of aliphatic carboxylic acids is 1. The monoisotopic (exact) mass is 1510 g/mol. The molecule has 570 valence electrons. The molecule has 2 fully saturated rings. The Morgan fingerprint density at radius 3 is 1.20 bits per heavy atom. The fraction of sp³-hybridized carbons (Fsp3) is 0.613. The molecule has 0 bridgehead atoms. The highest BCUT2D eigenvalue weighted by atomic mass is 35.5. The van der Waals surface area contributed by atoms with E-state index in [4.69, 9.17) is 66.2 Å². The molecule has 2 aliphatic heterocycles. The lowest BCUT2D eigenvalue weighted by Crippen LogP contribution is -2.57. The molecule has 0 aromatic heterocycles. The van der Waals surface area contributed by atoms with Gasteiger partial charge in [0.15, 0.2) is 6.10 Å². The van der Waals surface area contributed by atoms with E-state index in [9.17, 15) is 57.8 Å². The summed E-state index contributed by atoms with van der Waals surface area (Å²) in [5.74, 6) is -3.25. The fourth-order valence-corrected chi connectivity index (χ4v) is 12.7. The van der Waals surface area contributed by atoms with Crippen LogP contribution in [-0.4, -0.2) is 169 Å². The van der Waals surface area contributed by atoms with Crippen LogP contribution < -0.4 is 0 Å². The van der Waals surface area contributed by atoms with Gasteiger partial charge in [0.05, 0.1) is 19.8 Å². The lowest BCUT2D eigenvalue weighted by Gasteiger charge is -2.44. The summed E-state index contributed by atoms with van der Waals surface area (Å²) < 4.78 is 44.6. The Hall–Kier alpha value is -6.45. The van der Waals surface area contributed by atoms with Crippen LogP contribution in [0.4, 0.5) is 0 Å². The largest absolute Gasteiger partial charge is 0.481 e. The summed E-state index contributed by atoms with van der Waals surface area (Å²) in [6.07, 6.45) is 14.9. The third-order valence-electron chi connectivity index (χ3n) is 16.5. The molecule has 2 heterocycles. The lowest BCUT2D eigenvalue weighted by molar-refractivity contribution is -0.175. The van der Waals surface area contributed by atoms with E-state index in [1.54, 1.807) is 56.3 Å². The number of halogens is 2. The molecule has 7 atom stereocenters. The number of methoxy groups -OCH3 is 3. The number of carbonyl (C=O) groups excluding carboxylic acids is 10. The maximum atomic E-state index is 12.8. The quantitative estimate of drug-likeness (QED) is 0.0174. The third-order valence-corrected chi connectivity index (χ3v) is 18.8. The predicted molar refractivity (Wildman–Crippen MR) is 391 cm³/mol. The van der Waals surface area contributed by atoms with Crippen molar-refractivity contribution >= 4 is 112 Å². The fourth-order valence-electron chi connectivity index (χ4n) is 10.7. The molecule has 0 spiro atoms. The van der Waals surface area contributed by atoms with E-state index in [1.165, 1.54) is 49.0 Å². The predicted octanol–water partition coefficient (Wildman–Crippen LogP) is 13.6. The zero-order valence-electron chi connectivity index (χ0n) is 60.6. The first-order valence-corrected chi connectivity index (χ1v) is 38.0. The van der Waals surface area contributed by atoms with Crippen molar-refractivity contribution in [1.82, 2.24) is 8.61 Å². The highest BCUT2D eigenvalue weighted by Gasteiger charge is 2.52. The molecular weight excluding hydrogens is 1400 g/mol. The number of carboxylic acid groups (broad SMARTS) is 1. The number of aliphatic hydroxyl groups excluding tert-OH is 1. The molecule has 2 N–H and O–H groups in total. The molecule has 4 unspecified atom stereocenters. The van der Waals surface area contributed by atoms with E-state index >= 15 is 0 Å². The van der Waals surface area contributed by atoms with Gasteiger partial charge >= 0.3 is 35.8 Å². The molecule has 3 aromatic rings. The topological polar surface area (TPSA) is 309 Å². The Balaban J connectivity index is 0.000000482. The Morgan fingerprint density at radius 1 is 0.441 bits per heavy atom. The normalized spacial score (nSPS) is 15.9. The zero-order chi connectivity index (χ0) is 75.6. The second-order valence-electron chi connectivity index (χ2n) is 24.9. The molecule has 0 aliphatic carbocycles. The van der Waals surface area contributed by atoms with E-state index in [2.05, 4.69) is 0 Å². The van der Waals surface area contributed by atoms with Crippen LogP contribution in [0.3, 0.4) is 0 Å². The standard InChI is InChI=1S/C26H36ClNO7S.C23H34O6.C16H28O6.C10H10ClNO2S/c1-18(29)12-13-19(14-16-34-22(30)11-5-4-8-15-33-2)17-23(31)35-25-24(28(36-3)26(25)32)20-9-6-7-10-21(20)27;1-19(24)12-13-20(14-16-28-22(25)11-7-4-8-15-27-2)17-23(26)29-18-21-9-5-3-6-10-21;1-13(17)7-8-14(12-15(18)19)9-11-22-16(20)6-4-3-5-10-21-2;1-15-12-8(9(13)10(12)14)6-4-2-3-5-7(6)11/h6-7,9-10,19,24-25H,4-5,8,11-17H2,1-3H3;3,5-6,9-10,20H,4,7-8,11-18H2,1-2H3;14H,3-12H2,1-2H3,(H,18,19);2-5,8-9,13H,1H3/t19?,24-,25?;;;8-,9+/m0..0/s1. The number of rotatable bonds is 49. The SMILES string of the molecule is COCCCCCC(=O)OCCC(CCC(C)=O)CC(=O)O.COCCCCCC(=O)OCCC(CCC(C)=O)CC(=O)OC1C(=O)N(SC)[C@H]1c1ccccc1Cl.COCCCCCC(=O)OCCC(CCC(C)=O)CC(=O)OCc1ccccc1.CSN1C(=O)[C@H](O)[C@@H]1c1ccccc1Cl. The van der Waals surface area contributed by atoms with Gasteiger partial charge in [-0.15, -0.1) is 0 Å². The van der Waals surface area contributed by atoms with E-state index < -0.39 is 30.2 Å². The van der Waals surface area contributed by atoms with Crippen LogP contribution in [0.2, 0.25) is 10.0 Å². The summed E-state index contributed by atoms with van der Waals surface area (Å²) in [5, 5.41) is 19.5. The number of ketones is 3. The van der Waals surface area contributed by atoms with Crippen LogP contribution in [-0.2, 0) is 97.2 Å². The number of unbranched alkanes of at least 4 members (excludes halogenated alkanes) is 6. The van der Waals surface area contributed by atoms with Crippen molar-refractivity contribution in [3.63, 3.8) is 0 Å². The Bertz CT molecular complexity index is 3000. The number of esters is 5. The van der Waals surface area contributed by atoms with Gasteiger partial charge in [0.2, 0.25) is 6.10 Å². The van der Waals surface area contributed by atoms with Crippen molar-refractivity contribution in [2.45, 2.75) is 206 Å². The van der Waals surface area contributed by atoms with Gasteiger partial charge < -0.3 is 62.5 Å². The summed E-state index contributed by atoms with van der Waals surface area (Å²) in [6, 6.07) is 23.1. The second kappa shape index (κ2) is 55.1. The third kappa shape index (κ3) is 39.4. The molecule has 0 radical (unpaired) electrons. The van der Waals surface area contributed by atoms with E-state index in [1.807, 2.05) is 60.7 Å². The van der Waals surface area contributed by atoms with Crippen LogP contribution >= 0.6 is 47.1 Å². The van der Waals surface area contributed by atoms with Crippen molar-refractivity contribution in [1.29, 1.82) is 0 Å². The van der Waals surface area contributed by atoms with Crippen LogP contribution in [0.15, 0.2) is 78.9 Å². The minimum atomic E-state index is -0.961. The number of Topliss-reactive ketones (excluding diaryl/α,β-unsaturated/α-hetero) is 3. The number of hydrogen-bond acceptors (Lipinski definition) is 22. The molecule has 2 saturated heterocycles. The summed E-state index contributed by atoms with van der Waals surface area (Å²) in [5.41, 5.74) is 2.44. The van der Waals surface area contributed by atoms with Gasteiger partial charge in [0, 0.05) is 121 Å². The summed E-state index contributed by atoms with van der Waals surface area (Å²) >= 11 is 14.9. The van der Waals surface area contributed by atoms with Crippen molar-refractivity contribution in [2.75, 3.05) is 73.5 Å². The van der Waals surface area contributed by atoms with Crippen molar-refractivity contribution in [3.8, 4) is 0 Å². The molecule has 3 aromatic carbocycles. The first-order chi connectivity index (χ1) is 48.9. The van der Waals surface area contributed by atoms with Crippen LogP contribution in [0.1, 0.15) is 204 Å². The van der Waals surface area contributed by atoms with Gasteiger partial charge in [-0.1, -0.05) is 133 Å². The van der Waals surface area contributed by atoms with Crippen LogP contribution in [0.25, 0.3) is 0 Å². The van der Waals surface area contributed by atoms with Crippen molar-refractivity contribution in [3.05, 3.63) is 106 Å². The number of ether oxygens (including phenoxy) is 8.